The molecular weight excluding hydrogens is 417 g/mol. The average molecular weight is 452 g/mol. The van der Waals surface area contributed by atoms with Gasteiger partial charge in [-0.2, -0.15) is 0 Å². The minimum absolute atomic E-state index is 0.121. The van der Waals surface area contributed by atoms with Crippen molar-refractivity contribution in [3.63, 3.8) is 0 Å². The number of hydrogen-bond acceptors (Lipinski definition) is 3. The molecule has 1 saturated heterocycles. The molecule has 33 heavy (non-hydrogen) atoms. The Hall–Kier alpha value is -2.66. The lowest BCUT2D eigenvalue weighted by Crippen LogP contribution is -2.46. The number of carbonyl (C=O) groups is 1. The number of halogens is 1. The van der Waals surface area contributed by atoms with Gasteiger partial charge in [0.2, 0.25) is 5.91 Å². The fourth-order valence-corrected chi connectivity index (χ4v) is 5.05. The minimum Gasteiger partial charge on any atom is -0.496 e. The highest BCUT2D eigenvalue weighted by molar-refractivity contribution is 5.83. The molecule has 176 valence electrons. The number of carbonyl (C=O) groups excluding carboxylic acids is 1. The zero-order valence-electron chi connectivity index (χ0n) is 19.5. The standard InChI is InChI=1S/C28H34FNO3/c1-32-26-11-10-24(29)19-25(26)23-9-5-8-22(18-23)20-28(13-16-33-17-14-28)27(31)30-15-12-21-6-3-2-4-7-21/h5-6,8-11,18-19H,2-4,7,12-17,20H2,1H3,(H,30,31). The Morgan fingerprint density at radius 2 is 2.00 bits per heavy atom. The second kappa shape index (κ2) is 11.0. The van der Waals surface area contributed by atoms with Crippen LogP contribution in [0.4, 0.5) is 4.39 Å². The number of hydrogen-bond donors (Lipinski definition) is 1. The van der Waals surface area contributed by atoms with Crippen molar-refractivity contribution < 1.29 is 18.7 Å². The van der Waals surface area contributed by atoms with Crippen molar-refractivity contribution >= 4 is 5.91 Å². The van der Waals surface area contributed by atoms with Crippen LogP contribution in [-0.4, -0.2) is 32.8 Å². The third kappa shape index (κ3) is 5.83. The number of amides is 1. The Labute approximate surface area is 196 Å². The molecule has 0 spiro atoms. The zero-order valence-corrected chi connectivity index (χ0v) is 19.5. The van der Waals surface area contributed by atoms with Gasteiger partial charge in [0.15, 0.2) is 0 Å². The Balaban J connectivity index is 1.50. The molecule has 0 saturated carbocycles. The van der Waals surface area contributed by atoms with Crippen molar-refractivity contribution in [2.75, 3.05) is 26.9 Å². The van der Waals surface area contributed by atoms with Crippen LogP contribution < -0.4 is 10.1 Å². The van der Waals surface area contributed by atoms with Gasteiger partial charge in [-0.3, -0.25) is 4.79 Å². The summed E-state index contributed by atoms with van der Waals surface area (Å²) in [4.78, 5) is 13.4. The molecule has 1 aliphatic carbocycles. The molecule has 1 N–H and O–H groups in total. The zero-order chi connectivity index (χ0) is 23.1. The van der Waals surface area contributed by atoms with Gasteiger partial charge in [0.05, 0.1) is 12.5 Å². The van der Waals surface area contributed by atoms with Gasteiger partial charge in [-0.05, 0) is 80.7 Å². The number of benzene rings is 2. The second-order valence-electron chi connectivity index (χ2n) is 9.23. The molecule has 5 heteroatoms. The number of rotatable bonds is 8. The molecule has 0 unspecified atom stereocenters. The van der Waals surface area contributed by atoms with E-state index in [0.717, 1.165) is 30.4 Å². The van der Waals surface area contributed by atoms with Gasteiger partial charge >= 0.3 is 0 Å². The third-order valence-corrected chi connectivity index (χ3v) is 6.99. The molecule has 0 radical (unpaired) electrons. The largest absolute Gasteiger partial charge is 0.496 e. The van der Waals surface area contributed by atoms with E-state index in [9.17, 15) is 9.18 Å². The van der Waals surface area contributed by atoms with Gasteiger partial charge in [-0.1, -0.05) is 35.9 Å². The van der Waals surface area contributed by atoms with Crippen LogP contribution in [0.25, 0.3) is 11.1 Å². The van der Waals surface area contributed by atoms with Crippen molar-refractivity contribution in [2.45, 2.75) is 51.4 Å². The predicted molar refractivity (Wildman–Crippen MR) is 129 cm³/mol. The van der Waals surface area contributed by atoms with E-state index in [1.807, 2.05) is 18.2 Å². The van der Waals surface area contributed by atoms with E-state index in [2.05, 4.69) is 17.5 Å². The Bertz CT molecular complexity index is 994. The molecule has 1 fully saturated rings. The van der Waals surface area contributed by atoms with Crippen molar-refractivity contribution in [1.29, 1.82) is 0 Å². The SMILES string of the molecule is COc1ccc(F)cc1-c1cccc(CC2(C(=O)NCCC3=CCCCC3)CCOCC2)c1. The number of ether oxygens (including phenoxy) is 2. The molecule has 2 aliphatic rings. The molecule has 1 amide bonds. The number of methoxy groups -OCH3 is 1. The molecule has 2 aromatic rings. The van der Waals surface area contributed by atoms with E-state index in [1.165, 1.54) is 30.5 Å². The molecule has 4 nitrogen and oxygen atoms in total. The maximum Gasteiger partial charge on any atom is 0.226 e. The van der Waals surface area contributed by atoms with Gasteiger partial charge < -0.3 is 14.8 Å². The topological polar surface area (TPSA) is 47.6 Å². The number of nitrogens with one attached hydrogen (secondary N) is 1. The molecule has 0 atom stereocenters. The lowest BCUT2D eigenvalue weighted by atomic mass is 9.74. The minimum atomic E-state index is -0.482. The summed E-state index contributed by atoms with van der Waals surface area (Å²) in [5.41, 5.74) is 3.65. The fourth-order valence-electron chi connectivity index (χ4n) is 5.05. The van der Waals surface area contributed by atoms with Crippen molar-refractivity contribution in [3.05, 3.63) is 65.5 Å². The van der Waals surface area contributed by atoms with Crippen LogP contribution in [0.15, 0.2) is 54.1 Å². The average Bonchev–Trinajstić information content (AvgIpc) is 2.85. The summed E-state index contributed by atoms with van der Waals surface area (Å²) in [6.45, 7) is 1.87. The highest BCUT2D eigenvalue weighted by Crippen LogP contribution is 2.37. The number of allylic oxidation sites excluding steroid dienone is 1. The summed E-state index contributed by atoms with van der Waals surface area (Å²) >= 11 is 0. The molecule has 0 bridgehead atoms. The van der Waals surface area contributed by atoms with Crippen molar-refractivity contribution in [1.82, 2.24) is 5.32 Å². The van der Waals surface area contributed by atoms with Crippen molar-refractivity contribution in [3.8, 4) is 16.9 Å². The van der Waals surface area contributed by atoms with Gasteiger partial charge in [0.25, 0.3) is 0 Å². The summed E-state index contributed by atoms with van der Waals surface area (Å²) < 4.78 is 25.0. The monoisotopic (exact) mass is 451 g/mol. The summed E-state index contributed by atoms with van der Waals surface area (Å²) in [5, 5.41) is 3.23. The molecule has 0 aromatic heterocycles. The highest BCUT2D eigenvalue weighted by atomic mass is 19.1. The van der Waals surface area contributed by atoms with Gasteiger partial charge in [0, 0.05) is 25.3 Å². The smallest absolute Gasteiger partial charge is 0.226 e. The second-order valence-corrected chi connectivity index (χ2v) is 9.23. The normalized spacial score (nSPS) is 17.8. The first kappa shape index (κ1) is 23.5. The quantitative estimate of drug-likeness (QED) is 0.513. The maximum atomic E-state index is 13.9. The lowest BCUT2D eigenvalue weighted by molar-refractivity contribution is -0.136. The first-order valence-corrected chi connectivity index (χ1v) is 12.1. The van der Waals surface area contributed by atoms with E-state index in [0.29, 0.717) is 50.3 Å². The maximum absolute atomic E-state index is 13.9. The summed E-state index contributed by atoms with van der Waals surface area (Å²) in [6.07, 6.45) is 10.2. The van der Waals surface area contributed by atoms with E-state index < -0.39 is 5.41 Å². The highest BCUT2D eigenvalue weighted by Gasteiger charge is 2.40. The van der Waals surface area contributed by atoms with Gasteiger partial charge in [-0.15, -0.1) is 0 Å². The van der Waals surface area contributed by atoms with E-state index in [-0.39, 0.29) is 11.7 Å². The predicted octanol–water partition coefficient (Wildman–Crippen LogP) is 5.85. The molecule has 1 heterocycles. The van der Waals surface area contributed by atoms with Crippen LogP contribution in [-0.2, 0) is 16.0 Å². The molecule has 2 aromatic carbocycles. The van der Waals surface area contributed by atoms with Crippen molar-refractivity contribution in [2.24, 2.45) is 5.41 Å². The van der Waals surface area contributed by atoms with Gasteiger partial charge in [-0.25, -0.2) is 4.39 Å². The van der Waals surface area contributed by atoms with Crippen LogP contribution in [0.1, 0.15) is 50.5 Å². The molecule has 4 rings (SSSR count). The van der Waals surface area contributed by atoms with Gasteiger partial charge in [0.1, 0.15) is 11.6 Å². The Kier molecular flexibility index (Phi) is 7.81. The molecular formula is C28H34FNO3. The Morgan fingerprint density at radius 3 is 2.76 bits per heavy atom. The van der Waals surface area contributed by atoms with E-state index in [1.54, 1.807) is 13.2 Å². The summed E-state index contributed by atoms with van der Waals surface area (Å²) in [7, 11) is 1.59. The molecule has 1 aliphatic heterocycles. The fraction of sp³-hybridized carbons (Fsp3) is 0.464. The Morgan fingerprint density at radius 1 is 1.15 bits per heavy atom. The van der Waals surface area contributed by atoms with Crippen LogP contribution in [0, 0.1) is 11.2 Å². The first-order chi connectivity index (χ1) is 16.1. The van der Waals surface area contributed by atoms with Crippen LogP contribution in [0.3, 0.4) is 0 Å². The van der Waals surface area contributed by atoms with E-state index >= 15 is 0 Å². The van der Waals surface area contributed by atoms with Crippen LogP contribution >= 0.6 is 0 Å². The third-order valence-electron chi connectivity index (χ3n) is 6.99. The summed E-state index contributed by atoms with van der Waals surface area (Å²) in [6, 6.07) is 12.6. The summed E-state index contributed by atoms with van der Waals surface area (Å²) in [5.74, 6) is 0.449. The first-order valence-electron chi connectivity index (χ1n) is 12.1. The van der Waals surface area contributed by atoms with Crippen LogP contribution in [0.2, 0.25) is 0 Å². The van der Waals surface area contributed by atoms with Crippen LogP contribution in [0.5, 0.6) is 5.75 Å². The lowest BCUT2D eigenvalue weighted by Gasteiger charge is -2.36. The van der Waals surface area contributed by atoms with E-state index in [4.69, 9.17) is 9.47 Å².